The number of hydrogen-bond donors (Lipinski definition) is 0. The lowest BCUT2D eigenvalue weighted by Gasteiger charge is -2.25. The molecule has 0 saturated heterocycles. The molecule has 8 nitrogen and oxygen atoms in total. The van der Waals surface area contributed by atoms with Crippen LogP contribution in [0.15, 0.2) is 45.9 Å². The van der Waals surface area contributed by atoms with Crippen molar-refractivity contribution in [3.63, 3.8) is 0 Å². The number of likely N-dealkylation sites (N-methyl/N-ethyl adjacent to an activating group) is 1. The number of hydrogen-bond acceptors (Lipinski definition) is 6. The van der Waals surface area contributed by atoms with Crippen molar-refractivity contribution in [2.24, 2.45) is 0 Å². The lowest BCUT2D eigenvalue weighted by atomic mass is 10.1. The van der Waals surface area contributed by atoms with E-state index in [-0.39, 0.29) is 47.5 Å². The summed E-state index contributed by atoms with van der Waals surface area (Å²) in [7, 11) is 1.68. The highest BCUT2D eigenvalue weighted by atomic mass is 16.5. The standard InChI is InChI=1S/C21H23N3O5/c1-5-28-21(27)17-14(3)29-19-18(17)20(26)24(12-22-19)11-16(25)23(4)13(2)15-9-7-6-8-10-15/h6-10,12-13H,5,11H2,1-4H3/t13-/m1/s1. The number of benzene rings is 1. The zero-order valence-corrected chi connectivity index (χ0v) is 16.8. The van der Waals surface area contributed by atoms with Crippen LogP contribution < -0.4 is 5.56 Å². The summed E-state index contributed by atoms with van der Waals surface area (Å²) in [6, 6.07) is 9.44. The molecule has 2 aromatic heterocycles. The summed E-state index contributed by atoms with van der Waals surface area (Å²) in [5, 5.41) is 0.0232. The Labute approximate surface area is 167 Å². The maximum atomic E-state index is 13.0. The first kappa shape index (κ1) is 20.3. The highest BCUT2D eigenvalue weighted by molar-refractivity contribution is 6.03. The molecule has 0 spiro atoms. The number of fused-ring (bicyclic) bond motifs is 1. The number of furan rings is 1. The third-order valence-corrected chi connectivity index (χ3v) is 4.90. The average molecular weight is 397 g/mol. The van der Waals surface area contributed by atoms with Crippen molar-refractivity contribution < 1.29 is 18.7 Å². The number of ether oxygens (including phenoxy) is 1. The molecule has 0 aliphatic heterocycles. The summed E-state index contributed by atoms with van der Waals surface area (Å²) >= 11 is 0. The van der Waals surface area contributed by atoms with Crippen molar-refractivity contribution in [1.29, 1.82) is 0 Å². The smallest absolute Gasteiger partial charge is 0.342 e. The third kappa shape index (κ3) is 3.91. The minimum atomic E-state index is -0.651. The van der Waals surface area contributed by atoms with Gasteiger partial charge in [-0.2, -0.15) is 0 Å². The maximum Gasteiger partial charge on any atom is 0.342 e. The highest BCUT2D eigenvalue weighted by Crippen LogP contribution is 2.22. The molecule has 0 aliphatic rings. The lowest BCUT2D eigenvalue weighted by molar-refractivity contribution is -0.132. The predicted octanol–water partition coefficient (Wildman–Crippen LogP) is 2.69. The molecule has 29 heavy (non-hydrogen) atoms. The van der Waals surface area contributed by atoms with E-state index in [0.29, 0.717) is 0 Å². The molecule has 2 heterocycles. The second-order valence-corrected chi connectivity index (χ2v) is 6.70. The Bertz CT molecular complexity index is 1100. The van der Waals surface area contributed by atoms with Crippen LogP contribution in [-0.2, 0) is 16.1 Å². The van der Waals surface area contributed by atoms with Crippen molar-refractivity contribution in [2.45, 2.75) is 33.4 Å². The van der Waals surface area contributed by atoms with Gasteiger partial charge in [-0.15, -0.1) is 0 Å². The first-order valence-electron chi connectivity index (χ1n) is 9.31. The van der Waals surface area contributed by atoms with E-state index in [4.69, 9.17) is 9.15 Å². The Morgan fingerprint density at radius 1 is 1.28 bits per heavy atom. The molecule has 3 aromatic rings. The van der Waals surface area contributed by atoms with Crippen molar-refractivity contribution in [2.75, 3.05) is 13.7 Å². The first-order valence-corrected chi connectivity index (χ1v) is 9.31. The molecule has 0 unspecified atom stereocenters. The predicted molar refractivity (Wildman–Crippen MR) is 107 cm³/mol. The maximum absolute atomic E-state index is 13.0. The molecule has 1 aromatic carbocycles. The van der Waals surface area contributed by atoms with Crippen LogP contribution in [0.25, 0.3) is 11.1 Å². The van der Waals surface area contributed by atoms with Gasteiger partial charge in [0.25, 0.3) is 5.56 Å². The fourth-order valence-corrected chi connectivity index (χ4v) is 3.13. The van der Waals surface area contributed by atoms with E-state index in [1.807, 2.05) is 37.3 Å². The van der Waals surface area contributed by atoms with E-state index in [2.05, 4.69) is 4.98 Å². The van der Waals surface area contributed by atoms with Gasteiger partial charge in [0.05, 0.1) is 12.6 Å². The van der Waals surface area contributed by atoms with Crippen LogP contribution in [0.4, 0.5) is 0 Å². The van der Waals surface area contributed by atoms with Gasteiger partial charge in [0, 0.05) is 7.05 Å². The van der Waals surface area contributed by atoms with Crippen LogP contribution in [0.5, 0.6) is 0 Å². The summed E-state index contributed by atoms with van der Waals surface area (Å²) in [4.78, 5) is 43.6. The second-order valence-electron chi connectivity index (χ2n) is 6.70. The van der Waals surface area contributed by atoms with Gasteiger partial charge < -0.3 is 14.1 Å². The van der Waals surface area contributed by atoms with Gasteiger partial charge in [-0.25, -0.2) is 9.78 Å². The van der Waals surface area contributed by atoms with Gasteiger partial charge in [0.2, 0.25) is 11.6 Å². The zero-order valence-electron chi connectivity index (χ0n) is 16.8. The van der Waals surface area contributed by atoms with Crippen LogP contribution in [0, 0.1) is 6.92 Å². The molecule has 0 radical (unpaired) electrons. The fourth-order valence-electron chi connectivity index (χ4n) is 3.13. The van der Waals surface area contributed by atoms with E-state index in [1.54, 1.807) is 25.8 Å². The molecule has 0 bridgehead atoms. The summed E-state index contributed by atoms with van der Waals surface area (Å²) in [5.74, 6) is -0.661. The van der Waals surface area contributed by atoms with Crippen LogP contribution >= 0.6 is 0 Å². The van der Waals surface area contributed by atoms with Gasteiger partial charge in [-0.1, -0.05) is 30.3 Å². The molecule has 152 valence electrons. The number of aromatic nitrogens is 2. The monoisotopic (exact) mass is 397 g/mol. The largest absolute Gasteiger partial charge is 0.462 e. The molecular weight excluding hydrogens is 374 g/mol. The zero-order chi connectivity index (χ0) is 21.1. The first-order chi connectivity index (χ1) is 13.8. The average Bonchev–Trinajstić information content (AvgIpc) is 3.06. The van der Waals surface area contributed by atoms with E-state index in [0.717, 1.165) is 5.56 Å². The molecule has 0 aliphatic carbocycles. The quantitative estimate of drug-likeness (QED) is 0.594. The lowest BCUT2D eigenvalue weighted by Crippen LogP contribution is -2.35. The normalized spacial score (nSPS) is 12.0. The van der Waals surface area contributed by atoms with E-state index < -0.39 is 11.5 Å². The number of rotatable bonds is 6. The summed E-state index contributed by atoms with van der Waals surface area (Å²) in [6.07, 6.45) is 1.25. The van der Waals surface area contributed by atoms with Crippen LogP contribution in [-0.4, -0.2) is 40.0 Å². The Kier molecular flexibility index (Phi) is 5.81. The van der Waals surface area contributed by atoms with Crippen LogP contribution in [0.1, 0.15) is 41.6 Å². The number of aryl methyl sites for hydroxylation is 1. The minimum absolute atomic E-state index is 0.0232. The van der Waals surface area contributed by atoms with Crippen molar-refractivity contribution in [3.8, 4) is 0 Å². The number of nitrogens with zero attached hydrogens (tertiary/aromatic N) is 3. The van der Waals surface area contributed by atoms with Crippen molar-refractivity contribution in [3.05, 3.63) is 63.9 Å². The molecule has 0 N–H and O–H groups in total. The molecular formula is C21H23N3O5. The third-order valence-electron chi connectivity index (χ3n) is 4.90. The summed E-state index contributed by atoms with van der Waals surface area (Å²) < 4.78 is 11.6. The van der Waals surface area contributed by atoms with Crippen LogP contribution in [0.3, 0.4) is 0 Å². The number of carbonyl (C=O) groups is 2. The molecule has 1 atom stereocenters. The Morgan fingerprint density at radius 2 is 1.97 bits per heavy atom. The molecule has 0 fully saturated rings. The molecule has 8 heteroatoms. The molecule has 1 amide bonds. The van der Waals surface area contributed by atoms with Gasteiger partial charge in [0.1, 0.15) is 29.6 Å². The highest BCUT2D eigenvalue weighted by Gasteiger charge is 2.25. The van der Waals surface area contributed by atoms with E-state index in [9.17, 15) is 14.4 Å². The Balaban J connectivity index is 1.91. The number of amides is 1. The van der Waals surface area contributed by atoms with E-state index >= 15 is 0 Å². The van der Waals surface area contributed by atoms with Gasteiger partial charge in [-0.05, 0) is 26.3 Å². The second kappa shape index (κ2) is 8.30. The SMILES string of the molecule is CCOC(=O)c1c(C)oc2ncn(CC(=O)N(C)[C@H](C)c3ccccc3)c(=O)c12. The number of esters is 1. The van der Waals surface area contributed by atoms with Crippen LogP contribution in [0.2, 0.25) is 0 Å². The Morgan fingerprint density at radius 3 is 2.62 bits per heavy atom. The summed E-state index contributed by atoms with van der Waals surface area (Å²) in [5.41, 5.74) is 0.556. The van der Waals surface area contributed by atoms with Gasteiger partial charge in [-0.3, -0.25) is 14.2 Å². The molecule has 3 rings (SSSR count). The molecule has 0 saturated carbocycles. The van der Waals surface area contributed by atoms with Crippen molar-refractivity contribution in [1.82, 2.24) is 14.5 Å². The van der Waals surface area contributed by atoms with E-state index in [1.165, 1.54) is 10.9 Å². The number of carbonyl (C=O) groups excluding carboxylic acids is 2. The minimum Gasteiger partial charge on any atom is -0.462 e. The van der Waals surface area contributed by atoms with Gasteiger partial charge >= 0.3 is 5.97 Å². The Hall–Kier alpha value is -3.42. The topological polar surface area (TPSA) is 94.6 Å². The van der Waals surface area contributed by atoms with Crippen molar-refractivity contribution >= 4 is 23.0 Å². The summed E-state index contributed by atoms with van der Waals surface area (Å²) in [6.45, 7) is 5.12. The van der Waals surface area contributed by atoms with Gasteiger partial charge in [0.15, 0.2) is 0 Å². The fraction of sp³-hybridized carbons (Fsp3) is 0.333.